The van der Waals surface area contributed by atoms with Crippen LogP contribution in [-0.4, -0.2) is 54.7 Å². The number of amides is 1. The van der Waals surface area contributed by atoms with Gasteiger partial charge in [-0.3, -0.25) is 9.59 Å². The van der Waals surface area contributed by atoms with Crippen LogP contribution in [0.3, 0.4) is 0 Å². The van der Waals surface area contributed by atoms with E-state index >= 15 is 0 Å². The molecule has 0 bridgehead atoms. The average Bonchev–Trinajstić information content (AvgIpc) is 3.30. The van der Waals surface area contributed by atoms with Crippen LogP contribution in [0.25, 0.3) is 10.4 Å². The molecule has 1 fully saturated rings. The molecule has 1 aliphatic rings. The number of benzene rings is 1. The Bertz CT molecular complexity index is 793. The number of thiophene rings is 1. The largest absolute Gasteiger partial charge is 0.337 e. The Morgan fingerprint density at radius 2 is 1.81 bits per heavy atom. The smallest absolute Gasteiger partial charge is 0.253 e. The number of nitrogens with zero attached hydrogens (tertiary/aromatic N) is 2. The molecule has 2 heterocycles. The summed E-state index contributed by atoms with van der Waals surface area (Å²) in [4.78, 5) is 30.8. The van der Waals surface area contributed by atoms with Crippen LogP contribution >= 0.6 is 11.3 Å². The van der Waals surface area contributed by atoms with E-state index in [1.807, 2.05) is 55.1 Å². The number of likely N-dealkylation sites (N-methyl/N-ethyl adjacent to an activating group) is 1. The van der Waals surface area contributed by atoms with E-state index in [2.05, 4.69) is 19.0 Å². The molecular weight excluding hydrogens is 344 g/mol. The lowest BCUT2D eigenvalue weighted by atomic mass is 10.1. The van der Waals surface area contributed by atoms with Crippen LogP contribution in [0, 0.1) is 5.92 Å². The maximum Gasteiger partial charge on any atom is 0.253 e. The quantitative estimate of drug-likeness (QED) is 0.746. The number of carbonyl (C=O) groups excluding carboxylic acids is 2. The van der Waals surface area contributed by atoms with Gasteiger partial charge in [-0.05, 0) is 50.3 Å². The second-order valence-corrected chi connectivity index (χ2v) is 8.50. The minimum Gasteiger partial charge on any atom is -0.337 e. The standard InChI is InChI=1S/C21H26N2O2S/c1-14(2)20(24)19-10-9-18(26-19)15-5-7-16(8-6-15)21(25)23-12-11-17(13-23)22(3)4/h5-10,14,17H,11-13H2,1-4H3/t17-/m1/s1. The maximum atomic E-state index is 12.7. The lowest BCUT2D eigenvalue weighted by Crippen LogP contribution is -2.34. The first-order valence-electron chi connectivity index (χ1n) is 9.07. The van der Waals surface area contributed by atoms with Gasteiger partial charge in [0.2, 0.25) is 0 Å². The van der Waals surface area contributed by atoms with Gasteiger partial charge in [0.15, 0.2) is 5.78 Å². The van der Waals surface area contributed by atoms with Crippen LogP contribution in [0.15, 0.2) is 36.4 Å². The van der Waals surface area contributed by atoms with E-state index in [1.165, 1.54) is 11.3 Å². The van der Waals surface area contributed by atoms with E-state index in [9.17, 15) is 9.59 Å². The molecule has 26 heavy (non-hydrogen) atoms. The summed E-state index contributed by atoms with van der Waals surface area (Å²) in [6.07, 6.45) is 1.03. The maximum absolute atomic E-state index is 12.7. The average molecular weight is 371 g/mol. The molecule has 138 valence electrons. The van der Waals surface area contributed by atoms with Gasteiger partial charge in [-0.2, -0.15) is 0 Å². The molecule has 1 saturated heterocycles. The Morgan fingerprint density at radius 1 is 1.12 bits per heavy atom. The van der Waals surface area contributed by atoms with Gasteiger partial charge in [-0.1, -0.05) is 26.0 Å². The lowest BCUT2D eigenvalue weighted by molar-refractivity contribution is 0.0783. The molecule has 1 atom stereocenters. The molecule has 0 saturated carbocycles. The van der Waals surface area contributed by atoms with Gasteiger partial charge in [0.1, 0.15) is 0 Å². The van der Waals surface area contributed by atoms with Crippen molar-refractivity contribution < 1.29 is 9.59 Å². The van der Waals surface area contributed by atoms with Crippen LogP contribution in [0.2, 0.25) is 0 Å². The molecule has 5 heteroatoms. The first kappa shape index (κ1) is 18.8. The van der Waals surface area contributed by atoms with Crippen molar-refractivity contribution in [3.05, 3.63) is 46.8 Å². The Balaban J connectivity index is 1.71. The number of carbonyl (C=O) groups is 2. The van der Waals surface area contributed by atoms with Crippen molar-refractivity contribution in [2.24, 2.45) is 5.92 Å². The van der Waals surface area contributed by atoms with Crippen LogP contribution < -0.4 is 0 Å². The van der Waals surface area contributed by atoms with Crippen molar-refractivity contribution in [1.29, 1.82) is 0 Å². The fraction of sp³-hybridized carbons (Fsp3) is 0.429. The molecule has 0 radical (unpaired) electrons. The zero-order chi connectivity index (χ0) is 18.8. The van der Waals surface area contributed by atoms with Gasteiger partial charge < -0.3 is 9.80 Å². The number of hydrogen-bond donors (Lipinski definition) is 0. The highest BCUT2D eigenvalue weighted by atomic mass is 32.1. The number of ketones is 1. The van der Waals surface area contributed by atoms with Gasteiger partial charge in [0, 0.05) is 35.5 Å². The Hall–Kier alpha value is -1.98. The lowest BCUT2D eigenvalue weighted by Gasteiger charge is -2.20. The molecule has 1 aromatic carbocycles. The van der Waals surface area contributed by atoms with Gasteiger partial charge in [-0.15, -0.1) is 11.3 Å². The van der Waals surface area contributed by atoms with E-state index in [0.717, 1.165) is 40.4 Å². The second kappa shape index (κ2) is 7.72. The fourth-order valence-electron chi connectivity index (χ4n) is 3.22. The van der Waals surface area contributed by atoms with Gasteiger partial charge in [-0.25, -0.2) is 0 Å². The number of Topliss-reactive ketones (excluding diaryl/α,β-unsaturated/α-hetero) is 1. The third-order valence-electron chi connectivity index (χ3n) is 4.97. The molecule has 0 unspecified atom stereocenters. The van der Waals surface area contributed by atoms with Crippen molar-refractivity contribution >= 4 is 23.0 Å². The van der Waals surface area contributed by atoms with E-state index in [1.54, 1.807) is 0 Å². The van der Waals surface area contributed by atoms with E-state index in [4.69, 9.17) is 0 Å². The first-order valence-corrected chi connectivity index (χ1v) is 9.88. The summed E-state index contributed by atoms with van der Waals surface area (Å²) in [7, 11) is 4.12. The molecule has 1 aromatic heterocycles. The highest BCUT2D eigenvalue weighted by Crippen LogP contribution is 2.30. The topological polar surface area (TPSA) is 40.6 Å². The van der Waals surface area contributed by atoms with Crippen LogP contribution in [0.4, 0.5) is 0 Å². The molecule has 4 nitrogen and oxygen atoms in total. The molecule has 0 N–H and O–H groups in total. The Labute approximate surface area is 159 Å². The Kier molecular flexibility index (Phi) is 5.58. The van der Waals surface area contributed by atoms with Crippen molar-refractivity contribution in [2.45, 2.75) is 26.3 Å². The molecule has 2 aromatic rings. The molecule has 3 rings (SSSR count). The second-order valence-electron chi connectivity index (χ2n) is 7.42. The molecule has 0 spiro atoms. The number of rotatable bonds is 5. The molecule has 1 amide bonds. The summed E-state index contributed by atoms with van der Waals surface area (Å²) in [5.41, 5.74) is 1.77. The monoisotopic (exact) mass is 370 g/mol. The highest BCUT2D eigenvalue weighted by molar-refractivity contribution is 7.17. The third-order valence-corrected chi connectivity index (χ3v) is 6.12. The van der Waals surface area contributed by atoms with Crippen LogP contribution in [-0.2, 0) is 0 Å². The van der Waals surface area contributed by atoms with Gasteiger partial charge >= 0.3 is 0 Å². The summed E-state index contributed by atoms with van der Waals surface area (Å²) < 4.78 is 0. The van der Waals surface area contributed by atoms with Crippen molar-refractivity contribution in [3.63, 3.8) is 0 Å². The Morgan fingerprint density at radius 3 is 2.38 bits per heavy atom. The van der Waals surface area contributed by atoms with E-state index < -0.39 is 0 Å². The normalized spacial score (nSPS) is 17.3. The zero-order valence-electron chi connectivity index (χ0n) is 15.9. The van der Waals surface area contributed by atoms with Crippen LogP contribution in [0.1, 0.15) is 40.3 Å². The third kappa shape index (κ3) is 3.89. The number of likely N-dealkylation sites (tertiary alicyclic amines) is 1. The van der Waals surface area contributed by atoms with Crippen molar-refractivity contribution in [3.8, 4) is 10.4 Å². The fourth-order valence-corrected chi connectivity index (χ4v) is 4.32. The minimum atomic E-state index is 0.00736. The summed E-state index contributed by atoms with van der Waals surface area (Å²) in [6.45, 7) is 5.44. The van der Waals surface area contributed by atoms with Gasteiger partial charge in [0.05, 0.1) is 4.88 Å². The van der Waals surface area contributed by atoms with E-state index in [-0.39, 0.29) is 17.6 Å². The highest BCUT2D eigenvalue weighted by Gasteiger charge is 2.28. The molecule has 0 aliphatic carbocycles. The summed E-state index contributed by atoms with van der Waals surface area (Å²) in [5, 5.41) is 0. The summed E-state index contributed by atoms with van der Waals surface area (Å²) >= 11 is 1.52. The van der Waals surface area contributed by atoms with Crippen molar-refractivity contribution in [1.82, 2.24) is 9.80 Å². The zero-order valence-corrected chi connectivity index (χ0v) is 16.7. The predicted molar refractivity (Wildman–Crippen MR) is 107 cm³/mol. The minimum absolute atomic E-state index is 0.00736. The van der Waals surface area contributed by atoms with E-state index in [0.29, 0.717) is 6.04 Å². The number of hydrogen-bond acceptors (Lipinski definition) is 4. The van der Waals surface area contributed by atoms with Crippen LogP contribution in [0.5, 0.6) is 0 Å². The van der Waals surface area contributed by atoms with Gasteiger partial charge in [0.25, 0.3) is 5.91 Å². The molecule has 1 aliphatic heterocycles. The summed E-state index contributed by atoms with van der Waals surface area (Å²) in [6, 6.07) is 12.1. The summed E-state index contributed by atoms with van der Waals surface area (Å²) in [5.74, 6) is 0.285. The predicted octanol–water partition coefficient (Wildman–Crippen LogP) is 4.03. The van der Waals surface area contributed by atoms with Crippen molar-refractivity contribution in [2.75, 3.05) is 27.2 Å². The first-order chi connectivity index (χ1) is 12.4. The molecular formula is C21H26N2O2S. The SMILES string of the molecule is CC(C)C(=O)c1ccc(-c2ccc(C(=O)N3CC[C@@H](N(C)C)C3)cc2)s1.